The van der Waals surface area contributed by atoms with E-state index in [0.717, 1.165) is 5.56 Å². The highest BCUT2D eigenvalue weighted by molar-refractivity contribution is 6.30. The van der Waals surface area contributed by atoms with Gasteiger partial charge in [0.25, 0.3) is 0 Å². The first-order valence-corrected chi connectivity index (χ1v) is 6.66. The zero-order valence-electron chi connectivity index (χ0n) is 9.95. The van der Waals surface area contributed by atoms with Gasteiger partial charge in [-0.25, -0.2) is 0 Å². The van der Waals surface area contributed by atoms with Crippen LogP contribution in [-0.2, 0) is 15.3 Å². The molecule has 0 spiro atoms. The van der Waals surface area contributed by atoms with Crippen molar-refractivity contribution < 1.29 is 9.47 Å². The summed E-state index contributed by atoms with van der Waals surface area (Å²) in [5.41, 5.74) is 0.971. The largest absolute Gasteiger partial charge is 0.340 e. The highest BCUT2D eigenvalue weighted by Gasteiger charge is 2.44. The predicted octanol–water partition coefficient (Wildman–Crippen LogP) is 3.95. The van der Waals surface area contributed by atoms with E-state index in [0.29, 0.717) is 17.3 Å². The molecule has 0 N–H and O–H groups in total. The van der Waals surface area contributed by atoms with Gasteiger partial charge in [0.1, 0.15) is 0 Å². The van der Waals surface area contributed by atoms with Crippen molar-refractivity contribution >= 4 is 23.2 Å². The monoisotopic (exact) mass is 274 g/mol. The first kappa shape index (κ1) is 13.2. The fourth-order valence-corrected chi connectivity index (χ4v) is 2.42. The van der Waals surface area contributed by atoms with Crippen LogP contribution in [0.5, 0.6) is 0 Å². The summed E-state index contributed by atoms with van der Waals surface area (Å²) in [6, 6.07) is 7.54. The summed E-state index contributed by atoms with van der Waals surface area (Å²) in [7, 11) is 0. The van der Waals surface area contributed by atoms with Gasteiger partial charge in [-0.3, -0.25) is 0 Å². The van der Waals surface area contributed by atoms with E-state index in [1.54, 1.807) is 0 Å². The second kappa shape index (κ2) is 5.15. The Labute approximate surface area is 112 Å². The molecule has 0 bridgehead atoms. The normalized spacial score (nSPS) is 32.9. The zero-order chi connectivity index (χ0) is 12.5. The summed E-state index contributed by atoms with van der Waals surface area (Å²) in [4.78, 5) is 0. The first-order chi connectivity index (χ1) is 8.07. The van der Waals surface area contributed by atoms with Gasteiger partial charge < -0.3 is 9.47 Å². The maximum atomic E-state index is 5.98. The number of halogens is 2. The van der Waals surface area contributed by atoms with Crippen LogP contribution in [0.3, 0.4) is 0 Å². The molecule has 1 heterocycles. The average Bonchev–Trinajstić information content (AvgIpc) is 2.57. The summed E-state index contributed by atoms with van der Waals surface area (Å²) in [6.07, 6.45) is 0.757. The van der Waals surface area contributed by atoms with E-state index in [1.165, 1.54) is 0 Å². The van der Waals surface area contributed by atoms with Crippen LogP contribution < -0.4 is 0 Å². The Hall–Kier alpha value is -0.280. The molecule has 17 heavy (non-hydrogen) atoms. The summed E-state index contributed by atoms with van der Waals surface area (Å²) < 4.78 is 12.0. The van der Waals surface area contributed by atoms with Crippen molar-refractivity contribution in [2.45, 2.75) is 38.3 Å². The Kier molecular flexibility index (Phi) is 3.99. The molecule has 1 saturated heterocycles. The van der Waals surface area contributed by atoms with Crippen LogP contribution in [0.1, 0.15) is 25.8 Å². The van der Waals surface area contributed by atoms with E-state index in [4.69, 9.17) is 32.7 Å². The highest BCUT2D eigenvalue weighted by atomic mass is 35.5. The quantitative estimate of drug-likeness (QED) is 0.778. The van der Waals surface area contributed by atoms with Crippen LogP contribution >= 0.6 is 23.2 Å². The van der Waals surface area contributed by atoms with Crippen molar-refractivity contribution in [3.8, 4) is 0 Å². The Morgan fingerprint density at radius 1 is 1.12 bits per heavy atom. The molecule has 0 aliphatic carbocycles. The van der Waals surface area contributed by atoms with Crippen LogP contribution in [0.15, 0.2) is 24.3 Å². The zero-order valence-corrected chi connectivity index (χ0v) is 11.5. The van der Waals surface area contributed by atoms with Crippen molar-refractivity contribution in [1.29, 1.82) is 0 Å². The first-order valence-electron chi connectivity index (χ1n) is 5.75. The second-order valence-electron chi connectivity index (χ2n) is 4.34. The van der Waals surface area contributed by atoms with E-state index in [9.17, 15) is 0 Å². The van der Waals surface area contributed by atoms with Crippen molar-refractivity contribution in [1.82, 2.24) is 0 Å². The summed E-state index contributed by atoms with van der Waals surface area (Å²) in [5.74, 6) is -0.229. The van der Waals surface area contributed by atoms with Gasteiger partial charge in [-0.15, -0.1) is 11.6 Å². The van der Waals surface area contributed by atoms with Crippen LogP contribution in [0, 0.1) is 0 Å². The fraction of sp³-hybridized carbons (Fsp3) is 0.538. The molecule has 2 nitrogen and oxygen atoms in total. The molecule has 1 aliphatic heterocycles. The van der Waals surface area contributed by atoms with Gasteiger partial charge in [-0.05, 0) is 26.0 Å². The second-order valence-corrected chi connectivity index (χ2v) is 5.16. The molecule has 2 atom stereocenters. The van der Waals surface area contributed by atoms with Crippen LogP contribution in [-0.4, -0.2) is 18.1 Å². The third-order valence-corrected chi connectivity index (χ3v) is 3.56. The lowest BCUT2D eigenvalue weighted by atomic mass is 10.0. The molecule has 94 valence electrons. The number of rotatable bonds is 3. The average molecular weight is 275 g/mol. The molecule has 4 heteroatoms. The Balaban J connectivity index is 2.32. The van der Waals surface area contributed by atoms with E-state index in [1.807, 2.05) is 38.1 Å². The van der Waals surface area contributed by atoms with Gasteiger partial charge >= 0.3 is 0 Å². The number of hydrogen-bond acceptors (Lipinski definition) is 2. The molecule has 1 aromatic carbocycles. The lowest BCUT2D eigenvalue weighted by molar-refractivity contribution is -0.183. The van der Waals surface area contributed by atoms with Crippen LogP contribution in [0.2, 0.25) is 5.02 Å². The van der Waals surface area contributed by atoms with Gasteiger partial charge in [0.05, 0.1) is 12.2 Å². The third kappa shape index (κ3) is 2.60. The van der Waals surface area contributed by atoms with Crippen molar-refractivity contribution in [3.05, 3.63) is 34.9 Å². The molecule has 1 aromatic rings. The Morgan fingerprint density at radius 2 is 1.65 bits per heavy atom. The molecule has 2 unspecified atom stereocenters. The van der Waals surface area contributed by atoms with Gasteiger partial charge in [-0.2, -0.15) is 0 Å². The summed E-state index contributed by atoms with van der Waals surface area (Å²) in [5, 5.41) is 0.703. The molecule has 0 saturated carbocycles. The van der Waals surface area contributed by atoms with Gasteiger partial charge in [-0.1, -0.05) is 23.7 Å². The van der Waals surface area contributed by atoms with E-state index < -0.39 is 5.79 Å². The Bertz CT molecular complexity index is 368. The number of alkyl halides is 1. The molecule has 0 amide bonds. The maximum Gasteiger partial charge on any atom is 0.196 e. The van der Waals surface area contributed by atoms with Crippen LogP contribution in [0.25, 0.3) is 0 Å². The minimum Gasteiger partial charge on any atom is -0.340 e. The number of benzene rings is 1. The minimum atomic E-state index is -0.717. The SMILES string of the molecule is CC1OC(CCCl)(c2ccc(Cl)cc2)OC1C. The molecule has 1 aliphatic rings. The smallest absolute Gasteiger partial charge is 0.196 e. The Morgan fingerprint density at radius 3 is 2.12 bits per heavy atom. The molecule has 2 rings (SSSR count). The van der Waals surface area contributed by atoms with Crippen molar-refractivity contribution in [2.24, 2.45) is 0 Å². The number of ether oxygens (including phenoxy) is 2. The molecular weight excluding hydrogens is 259 g/mol. The van der Waals surface area contributed by atoms with Gasteiger partial charge in [0, 0.05) is 22.9 Å². The fourth-order valence-electron chi connectivity index (χ4n) is 2.05. The maximum absolute atomic E-state index is 5.98. The lowest BCUT2D eigenvalue weighted by Crippen LogP contribution is -2.28. The molecule has 0 aromatic heterocycles. The molecular formula is C13H16Cl2O2. The minimum absolute atomic E-state index is 0.0638. The summed E-state index contributed by atoms with van der Waals surface area (Å²) >= 11 is 11.8. The van der Waals surface area contributed by atoms with Gasteiger partial charge in [0.2, 0.25) is 0 Å². The summed E-state index contributed by atoms with van der Waals surface area (Å²) in [6.45, 7) is 4.02. The number of hydrogen-bond donors (Lipinski definition) is 0. The van der Waals surface area contributed by atoms with Crippen LogP contribution in [0.4, 0.5) is 0 Å². The predicted molar refractivity (Wildman–Crippen MR) is 69.6 cm³/mol. The lowest BCUT2D eigenvalue weighted by Gasteiger charge is -2.28. The highest BCUT2D eigenvalue weighted by Crippen LogP contribution is 2.40. The van der Waals surface area contributed by atoms with E-state index >= 15 is 0 Å². The van der Waals surface area contributed by atoms with Crippen molar-refractivity contribution in [2.75, 3.05) is 5.88 Å². The third-order valence-electron chi connectivity index (χ3n) is 3.12. The topological polar surface area (TPSA) is 18.5 Å². The standard InChI is InChI=1S/C13H16Cl2O2/c1-9-10(2)17-13(16-9,7-8-14)11-3-5-12(15)6-4-11/h3-6,9-10H,7-8H2,1-2H3. The van der Waals surface area contributed by atoms with Gasteiger partial charge in [0.15, 0.2) is 5.79 Å². The van der Waals surface area contributed by atoms with Crippen molar-refractivity contribution in [3.63, 3.8) is 0 Å². The van der Waals surface area contributed by atoms with E-state index in [-0.39, 0.29) is 12.2 Å². The van der Waals surface area contributed by atoms with E-state index in [2.05, 4.69) is 0 Å². The molecule has 1 fully saturated rings. The molecule has 0 radical (unpaired) electrons.